The standard InChI is InChI=1S/C19H22N2O4/c1-13(16-8-4-6-14-5-2-3-7-17(14)16)20-9-15-10-21(11-19(23)24)18(22)12-25-15/h2-8,13,15,20H,9-12H2,1H3,(H,23,24). The van der Waals surface area contributed by atoms with Gasteiger partial charge in [-0.3, -0.25) is 9.59 Å². The minimum atomic E-state index is -1.01. The van der Waals surface area contributed by atoms with E-state index in [9.17, 15) is 9.59 Å². The molecule has 2 aromatic rings. The molecule has 6 heteroatoms. The van der Waals surface area contributed by atoms with Crippen LogP contribution in [0.2, 0.25) is 0 Å². The van der Waals surface area contributed by atoms with Crippen molar-refractivity contribution in [3.63, 3.8) is 0 Å². The minimum absolute atomic E-state index is 0.0672. The lowest BCUT2D eigenvalue weighted by atomic mass is 9.99. The van der Waals surface area contributed by atoms with Crippen LogP contribution >= 0.6 is 0 Å². The van der Waals surface area contributed by atoms with Crippen molar-refractivity contribution in [2.24, 2.45) is 0 Å². The fourth-order valence-corrected chi connectivity index (χ4v) is 3.17. The second-order valence-corrected chi connectivity index (χ2v) is 6.30. The predicted octanol–water partition coefficient (Wildman–Crippen LogP) is 1.80. The summed E-state index contributed by atoms with van der Waals surface area (Å²) in [6, 6.07) is 14.6. The van der Waals surface area contributed by atoms with Crippen molar-refractivity contribution >= 4 is 22.6 Å². The normalized spacial score (nSPS) is 19.2. The lowest BCUT2D eigenvalue weighted by Gasteiger charge is -2.32. The van der Waals surface area contributed by atoms with Gasteiger partial charge in [0.2, 0.25) is 5.91 Å². The lowest BCUT2D eigenvalue weighted by molar-refractivity contribution is -0.155. The highest BCUT2D eigenvalue weighted by atomic mass is 16.5. The van der Waals surface area contributed by atoms with Crippen molar-refractivity contribution in [3.8, 4) is 0 Å². The first-order valence-electron chi connectivity index (χ1n) is 8.37. The van der Waals surface area contributed by atoms with Crippen molar-refractivity contribution in [1.82, 2.24) is 10.2 Å². The number of carboxylic acid groups (broad SMARTS) is 1. The number of morpholine rings is 1. The average Bonchev–Trinajstić information content (AvgIpc) is 2.61. The Morgan fingerprint density at radius 3 is 2.88 bits per heavy atom. The van der Waals surface area contributed by atoms with Crippen LogP contribution in [0.4, 0.5) is 0 Å². The van der Waals surface area contributed by atoms with Gasteiger partial charge in [0.1, 0.15) is 13.2 Å². The summed E-state index contributed by atoms with van der Waals surface area (Å²) in [7, 11) is 0. The summed E-state index contributed by atoms with van der Waals surface area (Å²) in [4.78, 5) is 23.9. The highest BCUT2D eigenvalue weighted by Gasteiger charge is 2.27. The third-order valence-electron chi connectivity index (χ3n) is 4.49. The molecule has 0 aliphatic carbocycles. The maximum absolute atomic E-state index is 11.7. The van der Waals surface area contributed by atoms with Gasteiger partial charge in [0, 0.05) is 19.1 Å². The summed E-state index contributed by atoms with van der Waals surface area (Å²) < 4.78 is 5.53. The van der Waals surface area contributed by atoms with Crippen LogP contribution in [-0.2, 0) is 14.3 Å². The molecule has 3 rings (SSSR count). The summed E-state index contributed by atoms with van der Waals surface area (Å²) >= 11 is 0. The number of carbonyl (C=O) groups is 2. The Labute approximate surface area is 146 Å². The quantitative estimate of drug-likeness (QED) is 0.837. The Kier molecular flexibility index (Phi) is 5.31. The summed E-state index contributed by atoms with van der Waals surface area (Å²) in [5.41, 5.74) is 1.20. The fraction of sp³-hybridized carbons (Fsp3) is 0.368. The second kappa shape index (κ2) is 7.63. The Morgan fingerprint density at radius 1 is 1.32 bits per heavy atom. The minimum Gasteiger partial charge on any atom is -0.480 e. The number of fused-ring (bicyclic) bond motifs is 1. The highest BCUT2D eigenvalue weighted by molar-refractivity contribution is 5.86. The van der Waals surface area contributed by atoms with Crippen LogP contribution in [0.25, 0.3) is 10.8 Å². The molecule has 1 saturated heterocycles. The van der Waals surface area contributed by atoms with Gasteiger partial charge in [0.05, 0.1) is 6.10 Å². The van der Waals surface area contributed by atoms with Crippen molar-refractivity contribution in [1.29, 1.82) is 0 Å². The van der Waals surface area contributed by atoms with Gasteiger partial charge in [-0.15, -0.1) is 0 Å². The number of rotatable bonds is 6. The molecule has 132 valence electrons. The molecular weight excluding hydrogens is 320 g/mol. The van der Waals surface area contributed by atoms with Gasteiger partial charge in [-0.2, -0.15) is 0 Å². The van der Waals surface area contributed by atoms with Crippen molar-refractivity contribution < 1.29 is 19.4 Å². The number of nitrogens with one attached hydrogen (secondary N) is 1. The Bertz CT molecular complexity index is 772. The van der Waals surface area contributed by atoms with E-state index in [4.69, 9.17) is 9.84 Å². The molecule has 0 saturated carbocycles. The van der Waals surface area contributed by atoms with Gasteiger partial charge in [-0.25, -0.2) is 0 Å². The molecule has 2 aromatic carbocycles. The molecule has 6 nitrogen and oxygen atoms in total. The highest BCUT2D eigenvalue weighted by Crippen LogP contribution is 2.24. The van der Waals surface area contributed by atoms with Crippen LogP contribution in [0, 0.1) is 0 Å². The summed E-state index contributed by atoms with van der Waals surface area (Å²) in [5, 5.41) is 14.7. The Hall–Kier alpha value is -2.44. The van der Waals surface area contributed by atoms with Gasteiger partial charge >= 0.3 is 5.97 Å². The molecule has 0 radical (unpaired) electrons. The molecule has 2 unspecified atom stereocenters. The first-order chi connectivity index (χ1) is 12.0. The van der Waals surface area contributed by atoms with Gasteiger partial charge in [0.15, 0.2) is 0 Å². The zero-order valence-corrected chi connectivity index (χ0v) is 14.1. The summed E-state index contributed by atoms with van der Waals surface area (Å²) in [6.45, 7) is 2.58. The topological polar surface area (TPSA) is 78.9 Å². The molecule has 1 amide bonds. The smallest absolute Gasteiger partial charge is 0.323 e. The molecule has 0 bridgehead atoms. The third kappa shape index (κ3) is 4.15. The molecular formula is C19H22N2O4. The first kappa shape index (κ1) is 17.4. The number of ether oxygens (including phenoxy) is 1. The van der Waals surface area contributed by atoms with E-state index in [2.05, 4.69) is 36.5 Å². The SMILES string of the molecule is CC(NCC1CN(CC(=O)O)C(=O)CO1)c1cccc2ccccc12. The van der Waals surface area contributed by atoms with Gasteiger partial charge in [0.25, 0.3) is 0 Å². The van der Waals surface area contributed by atoms with Gasteiger partial charge < -0.3 is 20.1 Å². The zero-order chi connectivity index (χ0) is 17.8. The summed E-state index contributed by atoms with van der Waals surface area (Å²) in [6.07, 6.45) is -0.213. The molecule has 2 N–H and O–H groups in total. The van der Waals surface area contributed by atoms with Gasteiger partial charge in [-0.05, 0) is 23.3 Å². The number of nitrogens with zero attached hydrogens (tertiary/aromatic N) is 1. The predicted molar refractivity (Wildman–Crippen MR) is 94.3 cm³/mol. The molecule has 25 heavy (non-hydrogen) atoms. The summed E-state index contributed by atoms with van der Waals surface area (Å²) in [5.74, 6) is -1.29. The number of amides is 1. The average molecular weight is 342 g/mol. The maximum Gasteiger partial charge on any atom is 0.323 e. The van der Waals surface area contributed by atoms with Crippen LogP contribution in [0.1, 0.15) is 18.5 Å². The first-order valence-corrected chi connectivity index (χ1v) is 8.37. The molecule has 2 atom stereocenters. The van der Waals surface area contributed by atoms with Crippen LogP contribution in [0.15, 0.2) is 42.5 Å². The van der Waals surface area contributed by atoms with Crippen LogP contribution in [-0.4, -0.2) is 54.2 Å². The van der Waals surface area contributed by atoms with Crippen molar-refractivity contribution in [2.45, 2.75) is 19.1 Å². The van der Waals surface area contributed by atoms with E-state index in [1.807, 2.05) is 18.2 Å². The molecule has 0 spiro atoms. The van der Waals surface area contributed by atoms with Gasteiger partial charge in [-0.1, -0.05) is 42.5 Å². The third-order valence-corrected chi connectivity index (χ3v) is 4.49. The van der Waals surface area contributed by atoms with E-state index in [0.717, 1.165) is 0 Å². The Morgan fingerprint density at radius 2 is 2.08 bits per heavy atom. The molecule has 1 heterocycles. The van der Waals surface area contributed by atoms with E-state index in [-0.39, 0.29) is 31.2 Å². The Balaban J connectivity index is 1.63. The molecule has 1 aliphatic heterocycles. The van der Waals surface area contributed by atoms with Crippen LogP contribution in [0.3, 0.4) is 0 Å². The van der Waals surface area contributed by atoms with Crippen molar-refractivity contribution in [3.05, 3.63) is 48.0 Å². The van der Waals surface area contributed by atoms with E-state index in [1.54, 1.807) is 0 Å². The molecule has 0 aromatic heterocycles. The number of aliphatic carboxylic acids is 1. The van der Waals surface area contributed by atoms with E-state index in [0.29, 0.717) is 13.1 Å². The van der Waals surface area contributed by atoms with Crippen LogP contribution < -0.4 is 5.32 Å². The zero-order valence-electron chi connectivity index (χ0n) is 14.1. The van der Waals surface area contributed by atoms with E-state index in [1.165, 1.54) is 21.2 Å². The van der Waals surface area contributed by atoms with E-state index >= 15 is 0 Å². The lowest BCUT2D eigenvalue weighted by Crippen LogP contribution is -2.51. The maximum atomic E-state index is 11.7. The van der Waals surface area contributed by atoms with E-state index < -0.39 is 5.97 Å². The fourth-order valence-electron chi connectivity index (χ4n) is 3.17. The van der Waals surface area contributed by atoms with Crippen LogP contribution in [0.5, 0.6) is 0 Å². The molecule has 1 aliphatic rings. The number of hydrogen-bond acceptors (Lipinski definition) is 4. The number of hydrogen-bond donors (Lipinski definition) is 2. The molecule has 1 fully saturated rings. The monoisotopic (exact) mass is 342 g/mol. The number of benzene rings is 2. The van der Waals surface area contributed by atoms with Crippen molar-refractivity contribution in [2.75, 3.05) is 26.2 Å². The second-order valence-electron chi connectivity index (χ2n) is 6.30. The number of carbonyl (C=O) groups excluding carboxylic acids is 1. The number of carboxylic acids is 1. The largest absolute Gasteiger partial charge is 0.480 e.